The lowest BCUT2D eigenvalue weighted by atomic mass is 9.77. The average molecular weight is 317 g/mol. The normalized spacial score (nSPS) is 24.3. The van der Waals surface area contributed by atoms with Gasteiger partial charge in [0.25, 0.3) is 0 Å². The number of aromatic nitrogens is 1. The van der Waals surface area contributed by atoms with Crippen LogP contribution in [0.1, 0.15) is 25.0 Å². The van der Waals surface area contributed by atoms with Gasteiger partial charge in [-0.1, -0.05) is 6.07 Å². The van der Waals surface area contributed by atoms with E-state index in [2.05, 4.69) is 9.88 Å². The van der Waals surface area contributed by atoms with Crippen LogP contribution in [0.2, 0.25) is 0 Å². The van der Waals surface area contributed by atoms with Crippen molar-refractivity contribution in [3.05, 3.63) is 30.1 Å². The third kappa shape index (κ3) is 2.95. The molecule has 6 nitrogen and oxygen atoms in total. The summed E-state index contributed by atoms with van der Waals surface area (Å²) >= 11 is 0. The summed E-state index contributed by atoms with van der Waals surface area (Å²) in [5.74, 6) is -1.46. The van der Waals surface area contributed by atoms with Crippen LogP contribution >= 0.6 is 0 Å². The maximum atomic E-state index is 12.0. The minimum absolute atomic E-state index is 0.0423. The van der Waals surface area contributed by atoms with Crippen LogP contribution in [0.3, 0.4) is 0 Å². The van der Waals surface area contributed by atoms with E-state index in [0.717, 1.165) is 44.6 Å². The Morgan fingerprint density at radius 1 is 1.39 bits per heavy atom. The Morgan fingerprint density at radius 3 is 2.74 bits per heavy atom. The topological polar surface area (TPSA) is 73.7 Å². The summed E-state index contributed by atoms with van der Waals surface area (Å²) in [5.41, 5.74) is 0.578. The summed E-state index contributed by atoms with van der Waals surface area (Å²) in [7, 11) is 1.76. The molecule has 2 saturated heterocycles. The molecule has 1 N–H and O–H groups in total. The molecule has 1 aromatic heterocycles. The number of carbonyl (C=O) groups is 2. The van der Waals surface area contributed by atoms with Crippen LogP contribution in [-0.4, -0.2) is 64.0 Å². The monoisotopic (exact) mass is 317 g/mol. The number of nitrogens with zero attached hydrogens (tertiary/aromatic N) is 3. The lowest BCUT2D eigenvalue weighted by Gasteiger charge is -2.45. The maximum absolute atomic E-state index is 12.0. The van der Waals surface area contributed by atoms with E-state index in [9.17, 15) is 14.7 Å². The van der Waals surface area contributed by atoms with Gasteiger partial charge in [-0.25, -0.2) is 0 Å². The molecule has 0 saturated carbocycles. The molecule has 1 spiro atoms. The van der Waals surface area contributed by atoms with Crippen molar-refractivity contribution in [1.82, 2.24) is 14.8 Å². The number of rotatable bonds is 4. The van der Waals surface area contributed by atoms with Gasteiger partial charge in [0.15, 0.2) is 0 Å². The van der Waals surface area contributed by atoms with Crippen molar-refractivity contribution in [2.45, 2.75) is 31.2 Å². The number of pyridine rings is 1. The number of hydrogen-bond donors (Lipinski definition) is 1. The number of carboxylic acid groups (broad SMARTS) is 1. The van der Waals surface area contributed by atoms with E-state index >= 15 is 0 Å². The van der Waals surface area contributed by atoms with Crippen LogP contribution in [0.25, 0.3) is 0 Å². The molecule has 0 aromatic carbocycles. The second-order valence-electron chi connectivity index (χ2n) is 6.56. The molecule has 0 unspecified atom stereocenters. The van der Waals surface area contributed by atoms with Crippen molar-refractivity contribution in [1.29, 1.82) is 0 Å². The third-order valence-electron chi connectivity index (χ3n) is 5.50. The SMILES string of the molecule is CN1C(=O)C[C@@H](C(=O)O)C12CCN(CCc1ccccn1)CC2. The van der Waals surface area contributed by atoms with Gasteiger partial charge in [0.1, 0.15) is 0 Å². The van der Waals surface area contributed by atoms with Crippen LogP contribution in [0.5, 0.6) is 0 Å². The third-order valence-corrected chi connectivity index (χ3v) is 5.50. The van der Waals surface area contributed by atoms with Crippen LogP contribution in [-0.2, 0) is 16.0 Å². The molecule has 0 bridgehead atoms. The second-order valence-corrected chi connectivity index (χ2v) is 6.56. The van der Waals surface area contributed by atoms with E-state index in [4.69, 9.17) is 0 Å². The zero-order valence-electron chi connectivity index (χ0n) is 13.4. The number of hydrogen-bond acceptors (Lipinski definition) is 4. The number of carboxylic acids is 1. The first-order valence-corrected chi connectivity index (χ1v) is 8.15. The fraction of sp³-hybridized carbons (Fsp3) is 0.588. The zero-order chi connectivity index (χ0) is 16.4. The predicted molar refractivity (Wildman–Crippen MR) is 84.9 cm³/mol. The molecule has 23 heavy (non-hydrogen) atoms. The Kier molecular flexibility index (Phi) is 4.35. The molecule has 1 aromatic rings. The van der Waals surface area contributed by atoms with Gasteiger partial charge < -0.3 is 14.9 Å². The number of amides is 1. The molecule has 3 heterocycles. The van der Waals surface area contributed by atoms with Crippen molar-refractivity contribution in [2.75, 3.05) is 26.7 Å². The Hall–Kier alpha value is -1.95. The largest absolute Gasteiger partial charge is 0.481 e. The summed E-state index contributed by atoms with van der Waals surface area (Å²) < 4.78 is 0. The highest BCUT2D eigenvalue weighted by atomic mass is 16.4. The molecule has 0 radical (unpaired) electrons. The summed E-state index contributed by atoms with van der Waals surface area (Å²) in [6.07, 6.45) is 4.30. The van der Waals surface area contributed by atoms with Crippen LogP contribution in [0.15, 0.2) is 24.4 Å². The molecule has 1 atom stereocenters. The fourth-order valence-corrected chi connectivity index (χ4v) is 3.97. The molecule has 6 heteroatoms. The second kappa shape index (κ2) is 6.28. The van der Waals surface area contributed by atoms with Gasteiger partial charge in [-0.15, -0.1) is 0 Å². The summed E-state index contributed by atoms with van der Waals surface area (Å²) in [6, 6.07) is 5.92. The zero-order valence-corrected chi connectivity index (χ0v) is 13.4. The molecular weight excluding hydrogens is 294 g/mol. The van der Waals surface area contributed by atoms with Gasteiger partial charge in [0, 0.05) is 51.4 Å². The minimum atomic E-state index is -0.843. The first kappa shape index (κ1) is 15.9. The fourth-order valence-electron chi connectivity index (χ4n) is 3.97. The van der Waals surface area contributed by atoms with Crippen molar-refractivity contribution in [3.63, 3.8) is 0 Å². The Labute approximate surface area is 136 Å². The molecule has 124 valence electrons. The molecule has 2 fully saturated rings. The van der Waals surface area contributed by atoms with Gasteiger partial charge in [-0.05, 0) is 25.0 Å². The van der Waals surface area contributed by atoms with E-state index in [1.807, 2.05) is 18.2 Å². The molecule has 3 rings (SSSR count). The number of carbonyl (C=O) groups excluding carboxylic acids is 1. The van der Waals surface area contributed by atoms with Gasteiger partial charge in [0.05, 0.1) is 11.5 Å². The van der Waals surface area contributed by atoms with Crippen molar-refractivity contribution in [2.24, 2.45) is 5.92 Å². The smallest absolute Gasteiger partial charge is 0.309 e. The highest BCUT2D eigenvalue weighted by Crippen LogP contribution is 2.42. The van der Waals surface area contributed by atoms with E-state index in [1.165, 1.54) is 0 Å². The summed E-state index contributed by atoms with van der Waals surface area (Å²) in [5, 5.41) is 9.48. The predicted octanol–water partition coefficient (Wildman–Crippen LogP) is 1.02. The highest BCUT2D eigenvalue weighted by molar-refractivity contribution is 5.88. The summed E-state index contributed by atoms with van der Waals surface area (Å²) in [4.78, 5) is 31.9. The summed E-state index contributed by atoms with van der Waals surface area (Å²) in [6.45, 7) is 2.57. The van der Waals surface area contributed by atoms with E-state index in [-0.39, 0.29) is 12.3 Å². The molecule has 2 aliphatic heterocycles. The average Bonchev–Trinajstić information content (AvgIpc) is 2.81. The van der Waals surface area contributed by atoms with Gasteiger partial charge in [0.2, 0.25) is 5.91 Å². The Morgan fingerprint density at radius 2 is 2.13 bits per heavy atom. The van der Waals surface area contributed by atoms with Crippen molar-refractivity contribution >= 4 is 11.9 Å². The number of piperidine rings is 1. The van der Waals surface area contributed by atoms with Crippen LogP contribution in [0, 0.1) is 5.92 Å². The maximum Gasteiger partial charge on any atom is 0.309 e. The standard InChI is InChI=1S/C17H23N3O3/c1-19-15(21)12-14(16(22)23)17(19)6-10-20(11-7-17)9-5-13-4-2-3-8-18-13/h2-4,8,14H,5-7,9-12H2,1H3,(H,22,23)/t14-/m0/s1. The minimum Gasteiger partial charge on any atom is -0.481 e. The first-order valence-electron chi connectivity index (χ1n) is 8.15. The van der Waals surface area contributed by atoms with Gasteiger partial charge in [-0.2, -0.15) is 0 Å². The number of likely N-dealkylation sites (tertiary alicyclic amines) is 2. The van der Waals surface area contributed by atoms with E-state index in [1.54, 1.807) is 18.1 Å². The lowest BCUT2D eigenvalue weighted by Crippen LogP contribution is -2.56. The highest BCUT2D eigenvalue weighted by Gasteiger charge is 2.55. The van der Waals surface area contributed by atoms with E-state index < -0.39 is 17.4 Å². The first-order chi connectivity index (χ1) is 11.0. The van der Waals surface area contributed by atoms with Gasteiger partial charge >= 0.3 is 5.97 Å². The van der Waals surface area contributed by atoms with Crippen LogP contribution in [0.4, 0.5) is 0 Å². The Balaban J connectivity index is 1.61. The van der Waals surface area contributed by atoms with Gasteiger partial charge in [-0.3, -0.25) is 14.6 Å². The number of aliphatic carboxylic acids is 1. The molecular formula is C17H23N3O3. The lowest BCUT2D eigenvalue weighted by molar-refractivity contribution is -0.146. The van der Waals surface area contributed by atoms with E-state index in [0.29, 0.717) is 0 Å². The van der Waals surface area contributed by atoms with Crippen LogP contribution < -0.4 is 0 Å². The van der Waals surface area contributed by atoms with Crippen molar-refractivity contribution in [3.8, 4) is 0 Å². The Bertz CT molecular complexity index is 582. The molecule has 0 aliphatic carbocycles. The quantitative estimate of drug-likeness (QED) is 0.897. The van der Waals surface area contributed by atoms with Crippen molar-refractivity contribution < 1.29 is 14.7 Å². The molecule has 1 amide bonds. The molecule has 2 aliphatic rings.